The Bertz CT molecular complexity index is 839. The first-order valence-corrected chi connectivity index (χ1v) is 9.74. The van der Waals surface area contributed by atoms with Crippen LogP contribution in [0, 0.1) is 5.92 Å². The summed E-state index contributed by atoms with van der Waals surface area (Å²) in [7, 11) is -3.48. The Kier molecular flexibility index (Phi) is 8.34. The first-order chi connectivity index (χ1) is 12.1. The third kappa shape index (κ3) is 9.24. The van der Waals surface area contributed by atoms with Crippen molar-refractivity contribution in [3.63, 3.8) is 0 Å². The summed E-state index contributed by atoms with van der Waals surface area (Å²) < 4.78 is 34.9. The molecule has 1 rings (SSSR count). The van der Waals surface area contributed by atoms with Crippen LogP contribution in [0.1, 0.15) is 33.4 Å². The summed E-state index contributed by atoms with van der Waals surface area (Å²) in [6.07, 6.45) is 9.79. The monoisotopic (exact) mass is 380 g/mol. The minimum absolute atomic E-state index is 0.0997. The maximum absolute atomic E-state index is 12.8. The molecule has 6 nitrogen and oxygen atoms in total. The summed E-state index contributed by atoms with van der Waals surface area (Å²) in [6, 6.07) is 1.76. The van der Waals surface area contributed by atoms with Crippen LogP contribution in [0.5, 0.6) is 0 Å². The summed E-state index contributed by atoms with van der Waals surface area (Å²) in [5.74, 6) is 0.0410. The van der Waals surface area contributed by atoms with Gasteiger partial charge in [-0.2, -0.15) is 0 Å². The first-order valence-electron chi connectivity index (χ1n) is 8.02. The van der Waals surface area contributed by atoms with Gasteiger partial charge in [0.05, 0.1) is 17.3 Å². The van der Waals surface area contributed by atoms with Crippen LogP contribution in [-0.2, 0) is 10.0 Å². The normalized spacial score (nSPS) is 15.4. The molecule has 1 heterocycles. The summed E-state index contributed by atoms with van der Waals surface area (Å²) in [6.45, 7) is 6.84. The van der Waals surface area contributed by atoms with E-state index in [0.717, 1.165) is 11.3 Å². The van der Waals surface area contributed by atoms with E-state index >= 15 is 0 Å². The van der Waals surface area contributed by atoms with E-state index < -0.39 is 10.0 Å². The Morgan fingerprint density at radius 1 is 1.27 bits per heavy atom. The van der Waals surface area contributed by atoms with E-state index in [2.05, 4.69) is 15.3 Å². The number of hydrogen-bond acceptors (Lipinski definition) is 5. The van der Waals surface area contributed by atoms with Gasteiger partial charge in [0, 0.05) is 11.8 Å². The standard InChI is InChI=1S/C18H25FN4O2S/c1-13(11-26(20,24)25)6-5-7-16(4)23-18-10-17(21-12-22-18)14(2)8-9-15(3)19/h5-10,12-13H,11H2,1-4H3,(H2,20,24,25)(H,21,22,23)/b6-5-,14-8+,15-9+,16-7+. The molecule has 0 radical (unpaired) electrons. The SMILES string of the molecule is C/C(F)=C\C=C(/C)c1cc(N/C(C)=C/C=C\C(C)CS(N)(=O)=O)ncn1. The lowest BCUT2D eigenvalue weighted by Crippen LogP contribution is -2.20. The average Bonchev–Trinajstić information content (AvgIpc) is 2.51. The van der Waals surface area contributed by atoms with E-state index in [9.17, 15) is 12.8 Å². The highest BCUT2D eigenvalue weighted by Crippen LogP contribution is 2.15. The molecule has 8 heteroatoms. The molecule has 1 atom stereocenters. The average molecular weight is 380 g/mol. The van der Waals surface area contributed by atoms with Crippen LogP contribution in [0.4, 0.5) is 10.2 Å². The van der Waals surface area contributed by atoms with E-state index in [-0.39, 0.29) is 17.5 Å². The van der Waals surface area contributed by atoms with Gasteiger partial charge in [-0.25, -0.2) is 27.9 Å². The second kappa shape index (κ2) is 9.98. The van der Waals surface area contributed by atoms with E-state index in [1.807, 2.05) is 13.8 Å². The lowest BCUT2D eigenvalue weighted by molar-refractivity contribution is 0.590. The van der Waals surface area contributed by atoms with E-state index in [1.54, 1.807) is 37.3 Å². The Hall–Kier alpha value is -2.32. The van der Waals surface area contributed by atoms with Gasteiger partial charge >= 0.3 is 0 Å². The number of allylic oxidation sites excluding steroid dienone is 8. The predicted molar refractivity (Wildman–Crippen MR) is 104 cm³/mol. The number of hydrogen-bond donors (Lipinski definition) is 2. The minimum Gasteiger partial charge on any atom is -0.344 e. The van der Waals surface area contributed by atoms with Crippen molar-refractivity contribution < 1.29 is 12.8 Å². The topological polar surface area (TPSA) is 98.0 Å². The summed E-state index contributed by atoms with van der Waals surface area (Å²) in [5, 5.41) is 8.14. The highest BCUT2D eigenvalue weighted by molar-refractivity contribution is 7.89. The largest absolute Gasteiger partial charge is 0.344 e. The van der Waals surface area contributed by atoms with Crippen molar-refractivity contribution in [2.45, 2.75) is 27.7 Å². The number of nitrogens with zero attached hydrogens (tertiary/aromatic N) is 2. The predicted octanol–water partition coefficient (Wildman–Crippen LogP) is 3.55. The number of primary sulfonamides is 1. The zero-order valence-corrected chi connectivity index (χ0v) is 16.2. The number of aromatic nitrogens is 2. The van der Waals surface area contributed by atoms with E-state index in [0.29, 0.717) is 11.5 Å². The van der Waals surface area contributed by atoms with Crippen LogP contribution in [-0.4, -0.2) is 24.1 Å². The quantitative estimate of drug-likeness (QED) is 0.672. The molecule has 26 heavy (non-hydrogen) atoms. The molecule has 3 N–H and O–H groups in total. The third-order valence-corrected chi connectivity index (χ3v) is 4.23. The molecular formula is C18H25FN4O2S. The molecule has 142 valence electrons. The summed E-state index contributed by atoms with van der Waals surface area (Å²) >= 11 is 0. The highest BCUT2D eigenvalue weighted by Gasteiger charge is 2.07. The fraction of sp³-hybridized carbons (Fsp3) is 0.333. The highest BCUT2D eigenvalue weighted by atomic mass is 32.2. The Labute approximate surface area is 154 Å². The third-order valence-electron chi connectivity index (χ3n) is 3.24. The van der Waals surface area contributed by atoms with Crippen molar-refractivity contribution in [1.82, 2.24) is 9.97 Å². The van der Waals surface area contributed by atoms with Gasteiger partial charge in [0.15, 0.2) is 0 Å². The first kappa shape index (κ1) is 21.7. The van der Waals surface area contributed by atoms with Crippen molar-refractivity contribution in [2.75, 3.05) is 11.1 Å². The van der Waals surface area contributed by atoms with Crippen LogP contribution in [0.2, 0.25) is 0 Å². The zero-order valence-electron chi connectivity index (χ0n) is 15.4. The van der Waals surface area contributed by atoms with Gasteiger partial charge in [-0.3, -0.25) is 0 Å². The fourth-order valence-corrected chi connectivity index (χ4v) is 2.87. The van der Waals surface area contributed by atoms with Gasteiger partial charge in [0.25, 0.3) is 0 Å². The van der Waals surface area contributed by atoms with Crippen LogP contribution < -0.4 is 10.5 Å². The molecule has 0 amide bonds. The number of halogens is 1. The molecule has 0 saturated heterocycles. The fourth-order valence-electron chi connectivity index (χ4n) is 2.02. The van der Waals surface area contributed by atoms with Gasteiger partial charge < -0.3 is 5.32 Å². The summed E-state index contributed by atoms with van der Waals surface area (Å²) in [4.78, 5) is 8.32. The smallest absolute Gasteiger partial charge is 0.209 e. The lowest BCUT2D eigenvalue weighted by Gasteiger charge is -2.07. The molecule has 0 aliphatic heterocycles. The van der Waals surface area contributed by atoms with Gasteiger partial charge in [0.1, 0.15) is 12.1 Å². The molecule has 1 unspecified atom stereocenters. The van der Waals surface area contributed by atoms with E-state index in [4.69, 9.17) is 5.14 Å². The van der Waals surface area contributed by atoms with Crippen molar-refractivity contribution in [3.8, 4) is 0 Å². The summed E-state index contributed by atoms with van der Waals surface area (Å²) in [5.41, 5.74) is 2.31. The van der Waals surface area contributed by atoms with Crippen molar-refractivity contribution in [1.29, 1.82) is 0 Å². The second-order valence-corrected chi connectivity index (χ2v) is 7.72. The van der Waals surface area contributed by atoms with Crippen molar-refractivity contribution >= 4 is 21.4 Å². The minimum atomic E-state index is -3.48. The molecule has 0 aliphatic rings. The lowest BCUT2D eigenvalue weighted by atomic mass is 10.2. The number of nitrogens with one attached hydrogen (secondary N) is 1. The number of anilines is 1. The molecule has 0 fully saturated rings. The Morgan fingerprint density at radius 3 is 2.58 bits per heavy atom. The number of sulfonamides is 1. The molecule has 1 aromatic rings. The molecule has 1 aromatic heterocycles. The van der Waals surface area contributed by atoms with Gasteiger partial charge in [0.2, 0.25) is 10.0 Å². The molecule has 0 saturated carbocycles. The molecule has 0 aliphatic carbocycles. The maximum Gasteiger partial charge on any atom is 0.209 e. The Morgan fingerprint density at radius 2 is 1.96 bits per heavy atom. The van der Waals surface area contributed by atoms with Gasteiger partial charge in [-0.05, 0) is 44.4 Å². The van der Waals surface area contributed by atoms with Gasteiger partial charge in [-0.1, -0.05) is 25.2 Å². The van der Waals surface area contributed by atoms with Crippen LogP contribution in [0.15, 0.2) is 54.3 Å². The Balaban J connectivity index is 2.78. The number of rotatable bonds is 8. The van der Waals surface area contributed by atoms with Crippen molar-refractivity contribution in [2.24, 2.45) is 11.1 Å². The molecule has 0 spiro atoms. The van der Waals surface area contributed by atoms with Gasteiger partial charge in [-0.15, -0.1) is 0 Å². The van der Waals surface area contributed by atoms with Crippen LogP contribution in [0.3, 0.4) is 0 Å². The maximum atomic E-state index is 12.8. The van der Waals surface area contributed by atoms with Crippen molar-refractivity contribution in [3.05, 3.63) is 60.0 Å². The zero-order chi connectivity index (χ0) is 19.7. The number of nitrogens with two attached hydrogens (primary N) is 1. The van der Waals surface area contributed by atoms with Crippen LogP contribution >= 0.6 is 0 Å². The van der Waals surface area contributed by atoms with E-state index in [1.165, 1.54) is 19.3 Å². The molecule has 0 aromatic carbocycles. The molecule has 0 bridgehead atoms. The van der Waals surface area contributed by atoms with Crippen LogP contribution in [0.25, 0.3) is 5.57 Å². The second-order valence-electron chi connectivity index (χ2n) is 6.06. The molecular weight excluding hydrogens is 355 g/mol.